The van der Waals surface area contributed by atoms with Gasteiger partial charge in [0.15, 0.2) is 0 Å². The summed E-state index contributed by atoms with van der Waals surface area (Å²) < 4.78 is 5.46. The number of nitrogens with one attached hydrogen (secondary N) is 1. The molecule has 2 heterocycles. The van der Waals surface area contributed by atoms with Gasteiger partial charge in [0.1, 0.15) is 10.8 Å². The Morgan fingerprint density at radius 2 is 2.22 bits per heavy atom. The lowest BCUT2D eigenvalue weighted by Gasteiger charge is -2.34. The number of rotatable bonds is 3. The minimum atomic E-state index is -0.450. The van der Waals surface area contributed by atoms with Gasteiger partial charge in [-0.15, -0.1) is 0 Å². The molecule has 1 aliphatic heterocycles. The van der Waals surface area contributed by atoms with Gasteiger partial charge in [0, 0.05) is 19.6 Å². The number of nitrogens with zero attached hydrogens (tertiary/aromatic N) is 2. The molecule has 1 amide bonds. The molecule has 0 aromatic carbocycles. The van der Waals surface area contributed by atoms with E-state index < -0.39 is 5.60 Å². The van der Waals surface area contributed by atoms with Gasteiger partial charge in [-0.25, -0.2) is 9.78 Å². The Morgan fingerprint density at radius 3 is 2.87 bits per heavy atom. The minimum absolute atomic E-state index is 0.216. The van der Waals surface area contributed by atoms with Gasteiger partial charge < -0.3 is 15.0 Å². The molecule has 1 aromatic rings. The number of amides is 1. The Balaban J connectivity index is 1.87. The number of aryl methyl sites for hydroxylation is 1. The van der Waals surface area contributed by atoms with E-state index >= 15 is 0 Å². The molecule has 128 valence electrons. The van der Waals surface area contributed by atoms with Crippen LogP contribution in [0, 0.1) is 12.8 Å². The fraction of sp³-hybridized carbons (Fsp3) is 0.647. The fourth-order valence-electron chi connectivity index (χ4n) is 2.70. The van der Waals surface area contributed by atoms with Crippen molar-refractivity contribution in [2.45, 2.75) is 46.1 Å². The molecule has 1 aliphatic rings. The third-order valence-electron chi connectivity index (χ3n) is 3.80. The average molecular weight is 340 g/mol. The van der Waals surface area contributed by atoms with Gasteiger partial charge in [-0.2, -0.15) is 0 Å². The zero-order valence-electron chi connectivity index (χ0n) is 14.4. The topological polar surface area (TPSA) is 54.5 Å². The van der Waals surface area contributed by atoms with Crippen LogP contribution in [0.3, 0.4) is 0 Å². The minimum Gasteiger partial charge on any atom is -0.444 e. The molecule has 5 nitrogen and oxygen atoms in total. The van der Waals surface area contributed by atoms with Crippen molar-refractivity contribution in [1.29, 1.82) is 0 Å². The fourth-order valence-corrected chi connectivity index (χ4v) is 2.89. The van der Waals surface area contributed by atoms with Crippen LogP contribution in [-0.4, -0.2) is 41.2 Å². The summed E-state index contributed by atoms with van der Waals surface area (Å²) in [7, 11) is 0. The Bertz CT molecular complexity index is 557. The average Bonchev–Trinajstić information content (AvgIpc) is 2.45. The van der Waals surface area contributed by atoms with E-state index in [1.807, 2.05) is 38.7 Å². The standard InChI is InChI=1S/C17H26ClN3O2/c1-12-14(7-8-15(18)20-12)19-10-13-6-5-9-21(11-13)16(22)23-17(2,3)4/h7-8,13,19H,5-6,9-11H2,1-4H3. The Hall–Kier alpha value is -1.49. The highest BCUT2D eigenvalue weighted by atomic mass is 35.5. The lowest BCUT2D eigenvalue weighted by atomic mass is 9.98. The number of carbonyl (C=O) groups is 1. The number of anilines is 1. The van der Waals surface area contributed by atoms with Crippen LogP contribution in [0.1, 0.15) is 39.3 Å². The number of piperidine rings is 1. The number of likely N-dealkylation sites (tertiary alicyclic amines) is 1. The van der Waals surface area contributed by atoms with E-state index in [4.69, 9.17) is 16.3 Å². The van der Waals surface area contributed by atoms with Crippen molar-refractivity contribution in [2.24, 2.45) is 5.92 Å². The van der Waals surface area contributed by atoms with Gasteiger partial charge in [0.05, 0.1) is 11.4 Å². The van der Waals surface area contributed by atoms with Gasteiger partial charge in [-0.05, 0) is 58.6 Å². The summed E-state index contributed by atoms with van der Waals surface area (Å²) in [4.78, 5) is 18.2. The normalized spacial score (nSPS) is 18.7. The van der Waals surface area contributed by atoms with Crippen LogP contribution >= 0.6 is 11.6 Å². The number of hydrogen-bond donors (Lipinski definition) is 1. The predicted molar refractivity (Wildman–Crippen MR) is 93.0 cm³/mol. The molecule has 0 saturated carbocycles. The smallest absolute Gasteiger partial charge is 0.410 e. The highest BCUT2D eigenvalue weighted by molar-refractivity contribution is 6.29. The molecule has 1 fully saturated rings. The lowest BCUT2D eigenvalue weighted by molar-refractivity contribution is 0.0172. The first kappa shape index (κ1) is 17.9. The number of carbonyl (C=O) groups excluding carboxylic acids is 1. The summed E-state index contributed by atoms with van der Waals surface area (Å²) in [6.45, 7) is 9.92. The number of pyridine rings is 1. The SMILES string of the molecule is Cc1nc(Cl)ccc1NCC1CCCN(C(=O)OC(C)(C)C)C1. The van der Waals surface area contributed by atoms with E-state index in [0.717, 1.165) is 43.9 Å². The first-order valence-electron chi connectivity index (χ1n) is 8.09. The molecule has 1 unspecified atom stereocenters. The molecule has 1 N–H and O–H groups in total. The van der Waals surface area contributed by atoms with Crippen LogP contribution in [-0.2, 0) is 4.74 Å². The zero-order chi connectivity index (χ0) is 17.0. The van der Waals surface area contributed by atoms with Crippen LogP contribution < -0.4 is 5.32 Å². The van der Waals surface area contributed by atoms with E-state index in [1.54, 1.807) is 6.07 Å². The third-order valence-corrected chi connectivity index (χ3v) is 4.01. The van der Waals surface area contributed by atoms with E-state index in [2.05, 4.69) is 10.3 Å². The Morgan fingerprint density at radius 1 is 1.48 bits per heavy atom. The number of ether oxygens (including phenoxy) is 1. The van der Waals surface area contributed by atoms with Crippen LogP contribution in [0.2, 0.25) is 5.15 Å². The molecular weight excluding hydrogens is 314 g/mol. The van der Waals surface area contributed by atoms with Crippen molar-refractivity contribution in [3.8, 4) is 0 Å². The Labute approximate surface area is 143 Å². The molecule has 23 heavy (non-hydrogen) atoms. The van der Waals surface area contributed by atoms with Crippen molar-refractivity contribution in [3.05, 3.63) is 23.0 Å². The molecule has 1 atom stereocenters. The third kappa shape index (κ3) is 5.57. The van der Waals surface area contributed by atoms with Crippen LogP contribution in [0.5, 0.6) is 0 Å². The molecule has 2 rings (SSSR count). The molecule has 0 radical (unpaired) electrons. The maximum absolute atomic E-state index is 12.2. The second-order valence-corrected chi connectivity index (χ2v) is 7.47. The predicted octanol–water partition coefficient (Wildman–Crippen LogP) is 4.10. The van der Waals surface area contributed by atoms with E-state index in [1.165, 1.54) is 0 Å². The maximum atomic E-state index is 12.2. The first-order chi connectivity index (χ1) is 10.7. The number of hydrogen-bond acceptors (Lipinski definition) is 4. The monoisotopic (exact) mass is 339 g/mol. The number of aromatic nitrogens is 1. The second kappa shape index (κ2) is 7.39. The molecule has 1 aromatic heterocycles. The lowest BCUT2D eigenvalue weighted by Crippen LogP contribution is -2.44. The second-order valence-electron chi connectivity index (χ2n) is 7.08. The summed E-state index contributed by atoms with van der Waals surface area (Å²) in [5, 5.41) is 3.92. The van der Waals surface area contributed by atoms with Crippen molar-refractivity contribution in [2.75, 3.05) is 25.0 Å². The summed E-state index contributed by atoms with van der Waals surface area (Å²) in [5.74, 6) is 0.409. The van der Waals surface area contributed by atoms with Crippen molar-refractivity contribution < 1.29 is 9.53 Å². The Kier molecular flexibility index (Phi) is 5.74. The summed E-state index contributed by atoms with van der Waals surface area (Å²) in [5.41, 5.74) is 1.43. The quantitative estimate of drug-likeness (QED) is 0.842. The molecule has 6 heteroatoms. The van der Waals surface area contributed by atoms with Crippen LogP contribution in [0.4, 0.5) is 10.5 Å². The molecular formula is C17H26ClN3O2. The molecule has 1 saturated heterocycles. The zero-order valence-corrected chi connectivity index (χ0v) is 15.1. The van der Waals surface area contributed by atoms with Gasteiger partial charge in [0.2, 0.25) is 0 Å². The van der Waals surface area contributed by atoms with Crippen LogP contribution in [0.25, 0.3) is 0 Å². The van der Waals surface area contributed by atoms with E-state index in [-0.39, 0.29) is 6.09 Å². The highest BCUT2D eigenvalue weighted by Crippen LogP contribution is 2.21. The van der Waals surface area contributed by atoms with Gasteiger partial charge in [-0.1, -0.05) is 11.6 Å². The summed E-state index contributed by atoms with van der Waals surface area (Å²) >= 11 is 5.88. The highest BCUT2D eigenvalue weighted by Gasteiger charge is 2.27. The molecule has 0 spiro atoms. The largest absolute Gasteiger partial charge is 0.444 e. The summed E-state index contributed by atoms with van der Waals surface area (Å²) in [6.07, 6.45) is 1.89. The molecule has 0 aliphatic carbocycles. The maximum Gasteiger partial charge on any atom is 0.410 e. The molecule has 0 bridgehead atoms. The van der Waals surface area contributed by atoms with Crippen molar-refractivity contribution in [1.82, 2.24) is 9.88 Å². The van der Waals surface area contributed by atoms with Crippen LogP contribution in [0.15, 0.2) is 12.1 Å². The van der Waals surface area contributed by atoms with Crippen molar-refractivity contribution in [3.63, 3.8) is 0 Å². The van der Waals surface area contributed by atoms with Gasteiger partial charge >= 0.3 is 6.09 Å². The van der Waals surface area contributed by atoms with Crippen molar-refractivity contribution >= 4 is 23.4 Å². The summed E-state index contributed by atoms with van der Waals surface area (Å²) in [6, 6.07) is 3.73. The van der Waals surface area contributed by atoms with Gasteiger partial charge in [0.25, 0.3) is 0 Å². The number of halogens is 1. The van der Waals surface area contributed by atoms with E-state index in [9.17, 15) is 4.79 Å². The van der Waals surface area contributed by atoms with E-state index in [0.29, 0.717) is 11.1 Å². The van der Waals surface area contributed by atoms with Gasteiger partial charge in [-0.3, -0.25) is 0 Å². The first-order valence-corrected chi connectivity index (χ1v) is 8.47.